The van der Waals surface area contributed by atoms with Gasteiger partial charge in [0.25, 0.3) is 0 Å². The van der Waals surface area contributed by atoms with Crippen molar-refractivity contribution in [3.05, 3.63) is 36.0 Å². The van der Waals surface area contributed by atoms with E-state index in [4.69, 9.17) is 5.73 Å². The van der Waals surface area contributed by atoms with Gasteiger partial charge >= 0.3 is 5.97 Å². The van der Waals surface area contributed by atoms with Crippen LogP contribution in [0.25, 0.3) is 10.9 Å². The molecule has 0 fully saturated rings. The van der Waals surface area contributed by atoms with Crippen LogP contribution in [0.5, 0.6) is 0 Å². The topological polar surface area (TPSA) is 68.2 Å². The highest BCUT2D eigenvalue weighted by molar-refractivity contribution is 5.84. The van der Waals surface area contributed by atoms with E-state index in [1.165, 1.54) is 5.56 Å². The fourth-order valence-corrected chi connectivity index (χ4v) is 2.30. The minimum absolute atomic E-state index is 0.452. The Hall–Kier alpha value is -1.81. The minimum atomic E-state index is -0.790. The van der Waals surface area contributed by atoms with Gasteiger partial charge in [-0.05, 0) is 38.4 Å². The van der Waals surface area contributed by atoms with Crippen molar-refractivity contribution in [3.8, 4) is 0 Å². The maximum Gasteiger partial charge on any atom is 0.310 e. The first-order valence-electron chi connectivity index (χ1n) is 6.46. The molecule has 0 amide bonds. The third kappa shape index (κ3) is 2.63. The molecule has 0 spiro atoms. The summed E-state index contributed by atoms with van der Waals surface area (Å²) >= 11 is 0. The van der Waals surface area contributed by atoms with E-state index in [1.807, 2.05) is 29.0 Å². The molecule has 2 aromatic rings. The summed E-state index contributed by atoms with van der Waals surface area (Å²) in [6.45, 7) is 4.53. The maximum atomic E-state index is 11.3. The minimum Gasteiger partial charge on any atom is -0.481 e. The summed E-state index contributed by atoms with van der Waals surface area (Å²) in [5.41, 5.74) is 7.09. The van der Waals surface area contributed by atoms with Gasteiger partial charge in [-0.3, -0.25) is 4.79 Å². The van der Waals surface area contributed by atoms with Gasteiger partial charge in [0.05, 0.1) is 5.41 Å². The predicted molar refractivity (Wildman–Crippen MR) is 76.1 cm³/mol. The molecule has 4 nitrogen and oxygen atoms in total. The summed E-state index contributed by atoms with van der Waals surface area (Å²) in [5, 5.41) is 10.4. The van der Waals surface area contributed by atoms with E-state index < -0.39 is 11.4 Å². The van der Waals surface area contributed by atoms with Crippen LogP contribution in [0.4, 0.5) is 0 Å². The van der Waals surface area contributed by atoms with Crippen LogP contribution in [0, 0.1) is 5.41 Å². The van der Waals surface area contributed by atoms with Crippen molar-refractivity contribution in [2.75, 3.05) is 6.54 Å². The summed E-state index contributed by atoms with van der Waals surface area (Å²) in [6.07, 6.45) is 2.84. The van der Waals surface area contributed by atoms with Gasteiger partial charge in [0.2, 0.25) is 0 Å². The van der Waals surface area contributed by atoms with Crippen molar-refractivity contribution >= 4 is 16.9 Å². The molecule has 0 unspecified atom stereocenters. The predicted octanol–water partition coefficient (Wildman–Crippen LogP) is 2.25. The molecule has 0 bridgehead atoms. The van der Waals surface area contributed by atoms with Crippen LogP contribution in [-0.4, -0.2) is 22.2 Å². The summed E-state index contributed by atoms with van der Waals surface area (Å²) in [6, 6.07) is 8.05. The zero-order valence-electron chi connectivity index (χ0n) is 11.4. The molecule has 1 heterocycles. The lowest BCUT2D eigenvalue weighted by Gasteiger charge is -2.20. The van der Waals surface area contributed by atoms with Crippen LogP contribution in [0.2, 0.25) is 0 Å². The number of aliphatic carboxylic acids is 1. The molecule has 1 aromatic heterocycles. The number of fused-ring (bicyclic) bond motifs is 1. The van der Waals surface area contributed by atoms with E-state index >= 15 is 0 Å². The number of hydrogen-bond donors (Lipinski definition) is 2. The van der Waals surface area contributed by atoms with E-state index in [9.17, 15) is 9.90 Å². The highest BCUT2D eigenvalue weighted by Gasteiger charge is 2.28. The Kier molecular flexibility index (Phi) is 3.62. The van der Waals surface area contributed by atoms with Crippen LogP contribution < -0.4 is 5.73 Å². The maximum absolute atomic E-state index is 11.3. The van der Waals surface area contributed by atoms with E-state index in [0.29, 0.717) is 13.1 Å². The van der Waals surface area contributed by atoms with Gasteiger partial charge in [-0.15, -0.1) is 0 Å². The van der Waals surface area contributed by atoms with Crippen molar-refractivity contribution in [3.63, 3.8) is 0 Å². The van der Waals surface area contributed by atoms with Gasteiger partial charge in [0, 0.05) is 23.6 Å². The zero-order chi connectivity index (χ0) is 14.0. The molecule has 19 heavy (non-hydrogen) atoms. The number of rotatable bonds is 5. The quantitative estimate of drug-likeness (QED) is 0.866. The Morgan fingerprint density at radius 2 is 2.05 bits per heavy atom. The molecule has 4 heteroatoms. The Morgan fingerprint density at radius 3 is 2.68 bits per heavy atom. The monoisotopic (exact) mass is 260 g/mol. The zero-order valence-corrected chi connectivity index (χ0v) is 11.4. The molecule has 0 aliphatic heterocycles. The molecule has 0 saturated carbocycles. The fourth-order valence-electron chi connectivity index (χ4n) is 2.30. The van der Waals surface area contributed by atoms with Crippen molar-refractivity contribution in [1.29, 1.82) is 0 Å². The summed E-state index contributed by atoms with van der Waals surface area (Å²) in [5.74, 6) is -0.786. The number of nitrogens with zero attached hydrogens (tertiary/aromatic N) is 1. The number of carbonyl (C=O) groups is 1. The standard InChI is InChI=1S/C15H20N2O2/c1-15(2,14(18)19)10-17-9-11(7-8-16)12-5-3-4-6-13(12)17/h3-6,9H,7-8,10,16H2,1-2H3,(H,18,19). The second-order valence-electron chi connectivity index (χ2n) is 5.53. The van der Waals surface area contributed by atoms with Crippen LogP contribution in [0.15, 0.2) is 30.5 Å². The fraction of sp³-hybridized carbons (Fsp3) is 0.400. The third-order valence-corrected chi connectivity index (χ3v) is 3.43. The van der Waals surface area contributed by atoms with Crippen molar-refractivity contribution < 1.29 is 9.90 Å². The van der Waals surface area contributed by atoms with Gasteiger partial charge in [0.15, 0.2) is 0 Å². The van der Waals surface area contributed by atoms with Crippen LogP contribution in [0.3, 0.4) is 0 Å². The molecule has 0 aliphatic carbocycles. The van der Waals surface area contributed by atoms with Crippen molar-refractivity contribution in [2.45, 2.75) is 26.8 Å². The molecule has 102 valence electrons. The number of aromatic nitrogens is 1. The number of carboxylic acid groups (broad SMARTS) is 1. The highest BCUT2D eigenvalue weighted by Crippen LogP contribution is 2.26. The molecule has 2 rings (SSSR count). The average Bonchev–Trinajstić information content (AvgIpc) is 2.68. The second-order valence-corrected chi connectivity index (χ2v) is 5.53. The van der Waals surface area contributed by atoms with Crippen LogP contribution in [0.1, 0.15) is 19.4 Å². The van der Waals surface area contributed by atoms with Crippen molar-refractivity contribution in [1.82, 2.24) is 4.57 Å². The van der Waals surface area contributed by atoms with Gasteiger partial charge < -0.3 is 15.4 Å². The molecule has 0 aliphatic rings. The number of hydrogen-bond acceptors (Lipinski definition) is 2. The van der Waals surface area contributed by atoms with Crippen LogP contribution >= 0.6 is 0 Å². The van der Waals surface area contributed by atoms with E-state index in [2.05, 4.69) is 6.07 Å². The summed E-state index contributed by atoms with van der Waals surface area (Å²) in [4.78, 5) is 11.3. The van der Waals surface area contributed by atoms with E-state index in [1.54, 1.807) is 13.8 Å². The first kappa shape index (κ1) is 13.6. The van der Waals surface area contributed by atoms with Gasteiger partial charge in [0.1, 0.15) is 0 Å². The lowest BCUT2D eigenvalue weighted by Crippen LogP contribution is -2.28. The van der Waals surface area contributed by atoms with Gasteiger partial charge in [-0.1, -0.05) is 18.2 Å². The first-order valence-corrected chi connectivity index (χ1v) is 6.46. The Morgan fingerprint density at radius 1 is 1.37 bits per heavy atom. The largest absolute Gasteiger partial charge is 0.481 e. The molecule has 0 radical (unpaired) electrons. The summed E-state index contributed by atoms with van der Waals surface area (Å²) < 4.78 is 2.02. The lowest BCUT2D eigenvalue weighted by molar-refractivity contribution is -0.147. The Labute approximate surface area is 112 Å². The second kappa shape index (κ2) is 5.05. The van der Waals surface area contributed by atoms with E-state index in [-0.39, 0.29) is 0 Å². The Balaban J connectivity index is 2.46. The molecular weight excluding hydrogens is 240 g/mol. The molecule has 3 N–H and O–H groups in total. The number of carboxylic acids is 1. The highest BCUT2D eigenvalue weighted by atomic mass is 16.4. The van der Waals surface area contributed by atoms with Gasteiger partial charge in [-0.25, -0.2) is 0 Å². The smallest absolute Gasteiger partial charge is 0.310 e. The molecule has 0 atom stereocenters. The van der Waals surface area contributed by atoms with Gasteiger partial charge in [-0.2, -0.15) is 0 Å². The van der Waals surface area contributed by atoms with E-state index in [0.717, 1.165) is 17.3 Å². The molecule has 1 aromatic carbocycles. The first-order chi connectivity index (χ1) is 8.95. The summed E-state index contributed by atoms with van der Waals surface area (Å²) in [7, 11) is 0. The SMILES string of the molecule is CC(C)(Cn1cc(CCN)c2ccccc21)C(=O)O. The Bertz CT molecular complexity index is 599. The van der Waals surface area contributed by atoms with Crippen LogP contribution in [-0.2, 0) is 17.8 Å². The number of nitrogens with two attached hydrogens (primary N) is 1. The lowest BCUT2D eigenvalue weighted by atomic mass is 9.94. The number of benzene rings is 1. The molecule has 0 saturated heterocycles. The molecular formula is C15H20N2O2. The third-order valence-electron chi connectivity index (χ3n) is 3.43. The number of para-hydroxylation sites is 1. The average molecular weight is 260 g/mol. The normalized spacial score (nSPS) is 11.9. The van der Waals surface area contributed by atoms with Crippen molar-refractivity contribution in [2.24, 2.45) is 11.1 Å².